The van der Waals surface area contributed by atoms with Gasteiger partial charge in [0.15, 0.2) is 0 Å². The second-order valence-corrected chi connectivity index (χ2v) is 4.90. The molecule has 0 radical (unpaired) electrons. The van der Waals surface area contributed by atoms with Gasteiger partial charge in [0.1, 0.15) is 5.75 Å². The number of hydrogen-bond donors (Lipinski definition) is 2. The molecule has 112 valence electrons. The summed E-state index contributed by atoms with van der Waals surface area (Å²) in [5.41, 5.74) is 1.64. The number of aromatic nitrogens is 2. The van der Waals surface area contributed by atoms with Crippen molar-refractivity contribution in [3.63, 3.8) is 0 Å². The molecule has 0 unspecified atom stereocenters. The maximum Gasteiger partial charge on any atom is 0.573 e. The van der Waals surface area contributed by atoms with Crippen molar-refractivity contribution in [3.05, 3.63) is 36.0 Å². The summed E-state index contributed by atoms with van der Waals surface area (Å²) in [7, 11) is 0. The number of para-hydroxylation sites is 1. The van der Waals surface area contributed by atoms with Crippen molar-refractivity contribution in [3.8, 4) is 17.0 Å². The molecule has 4 nitrogen and oxygen atoms in total. The number of halogens is 3. The van der Waals surface area contributed by atoms with E-state index in [0.29, 0.717) is 11.3 Å². The van der Waals surface area contributed by atoms with Gasteiger partial charge in [-0.3, -0.25) is 5.10 Å². The van der Waals surface area contributed by atoms with Crippen LogP contribution in [-0.4, -0.2) is 23.1 Å². The number of ether oxygens (including phenoxy) is 1. The third-order valence-corrected chi connectivity index (χ3v) is 3.42. The van der Waals surface area contributed by atoms with Crippen LogP contribution in [0.2, 0.25) is 0 Å². The first-order chi connectivity index (χ1) is 10.0. The number of H-pyrrole nitrogens is 1. The lowest BCUT2D eigenvalue weighted by Crippen LogP contribution is -2.17. The fourth-order valence-corrected chi connectivity index (χ4v) is 2.50. The van der Waals surface area contributed by atoms with Crippen molar-refractivity contribution in [1.82, 2.24) is 15.5 Å². The number of alkyl halides is 3. The molecule has 0 spiro atoms. The van der Waals surface area contributed by atoms with Gasteiger partial charge in [0.25, 0.3) is 0 Å². The summed E-state index contributed by atoms with van der Waals surface area (Å²) in [6.07, 6.45) is -2.66. The molecule has 1 aliphatic rings. The van der Waals surface area contributed by atoms with Gasteiger partial charge in [-0.15, -0.1) is 13.2 Å². The average molecular weight is 297 g/mol. The summed E-state index contributed by atoms with van der Waals surface area (Å²) in [6, 6.07) is 7.94. The Morgan fingerprint density at radius 3 is 2.76 bits per heavy atom. The zero-order valence-corrected chi connectivity index (χ0v) is 11.1. The topological polar surface area (TPSA) is 49.9 Å². The molecule has 0 aliphatic carbocycles. The zero-order valence-electron chi connectivity index (χ0n) is 11.1. The van der Waals surface area contributed by atoms with Crippen LogP contribution < -0.4 is 10.1 Å². The molecule has 2 aromatic rings. The number of aromatic amines is 1. The van der Waals surface area contributed by atoms with E-state index in [2.05, 4.69) is 20.3 Å². The summed E-state index contributed by atoms with van der Waals surface area (Å²) in [6.45, 7) is 0.937. The van der Waals surface area contributed by atoms with Crippen LogP contribution in [0.1, 0.15) is 24.6 Å². The smallest absolute Gasteiger partial charge is 0.405 e. The molecule has 7 heteroatoms. The van der Waals surface area contributed by atoms with Crippen LogP contribution in [0.4, 0.5) is 13.2 Å². The Morgan fingerprint density at radius 2 is 2.05 bits per heavy atom. The Hall–Kier alpha value is -2.02. The first kappa shape index (κ1) is 13.9. The Morgan fingerprint density at radius 1 is 1.24 bits per heavy atom. The predicted molar refractivity (Wildman–Crippen MR) is 70.7 cm³/mol. The Labute approximate surface area is 119 Å². The molecule has 2 heterocycles. The Balaban J connectivity index is 1.90. The van der Waals surface area contributed by atoms with Crippen molar-refractivity contribution in [2.24, 2.45) is 0 Å². The largest absolute Gasteiger partial charge is 0.573 e. The lowest BCUT2D eigenvalue weighted by atomic mass is 10.1. The second-order valence-electron chi connectivity index (χ2n) is 4.90. The zero-order chi connectivity index (χ0) is 14.9. The third-order valence-electron chi connectivity index (χ3n) is 3.42. The summed E-state index contributed by atoms with van der Waals surface area (Å²) in [5.74, 6) is -0.248. The lowest BCUT2D eigenvalue weighted by molar-refractivity contribution is -0.274. The highest BCUT2D eigenvalue weighted by Gasteiger charge is 2.32. The molecule has 1 aromatic carbocycles. The van der Waals surface area contributed by atoms with Crippen LogP contribution >= 0.6 is 0 Å². The first-order valence-corrected chi connectivity index (χ1v) is 6.67. The highest BCUT2D eigenvalue weighted by molar-refractivity contribution is 5.67. The normalized spacial score (nSPS) is 18.9. The number of rotatable bonds is 3. The van der Waals surface area contributed by atoms with Gasteiger partial charge in [0, 0.05) is 11.6 Å². The summed E-state index contributed by atoms with van der Waals surface area (Å²) in [4.78, 5) is 0. The predicted octanol–water partition coefficient (Wildman–Crippen LogP) is 3.40. The molecule has 3 rings (SSSR count). The fraction of sp³-hybridized carbons (Fsp3) is 0.357. The lowest BCUT2D eigenvalue weighted by Gasteiger charge is -2.11. The number of benzene rings is 1. The van der Waals surface area contributed by atoms with E-state index in [9.17, 15) is 13.2 Å². The van der Waals surface area contributed by atoms with Gasteiger partial charge < -0.3 is 10.1 Å². The monoisotopic (exact) mass is 297 g/mol. The SMILES string of the molecule is FC(F)(F)Oc1ccccc1-c1cc([C@@H]2CCCN2)[nH]n1. The number of hydrogen-bond acceptors (Lipinski definition) is 3. The first-order valence-electron chi connectivity index (χ1n) is 6.67. The van der Waals surface area contributed by atoms with Crippen LogP contribution in [0.5, 0.6) is 5.75 Å². The summed E-state index contributed by atoms with van der Waals surface area (Å²) < 4.78 is 41.3. The van der Waals surface area contributed by atoms with Crippen LogP contribution in [0, 0.1) is 0 Å². The molecule has 0 saturated carbocycles. The maximum absolute atomic E-state index is 12.4. The van der Waals surface area contributed by atoms with Crippen molar-refractivity contribution >= 4 is 0 Å². The van der Waals surface area contributed by atoms with E-state index < -0.39 is 6.36 Å². The maximum atomic E-state index is 12.4. The standard InChI is InChI=1S/C14H14F3N3O/c15-14(16,17)21-13-6-2-1-4-9(13)11-8-12(20-19-11)10-5-3-7-18-10/h1-2,4,6,8,10,18H,3,5,7H2,(H,19,20)/t10-/m0/s1. The summed E-state index contributed by atoms with van der Waals surface area (Å²) in [5, 5.41) is 10.3. The van der Waals surface area contributed by atoms with Crippen molar-refractivity contribution in [1.29, 1.82) is 0 Å². The molecule has 2 N–H and O–H groups in total. The van der Waals surface area contributed by atoms with Gasteiger partial charge >= 0.3 is 6.36 Å². The molecule has 21 heavy (non-hydrogen) atoms. The van der Waals surface area contributed by atoms with Crippen LogP contribution in [0.3, 0.4) is 0 Å². The van der Waals surface area contributed by atoms with E-state index in [1.165, 1.54) is 12.1 Å². The van der Waals surface area contributed by atoms with Crippen LogP contribution in [-0.2, 0) is 0 Å². The molecule has 1 fully saturated rings. The Bertz CT molecular complexity index is 618. The van der Waals surface area contributed by atoms with Crippen LogP contribution in [0.15, 0.2) is 30.3 Å². The van der Waals surface area contributed by atoms with Gasteiger partial charge in [0.05, 0.1) is 11.4 Å². The fourth-order valence-electron chi connectivity index (χ4n) is 2.50. The molecule has 0 amide bonds. The van der Waals surface area contributed by atoms with Gasteiger partial charge in [-0.25, -0.2) is 0 Å². The van der Waals surface area contributed by atoms with Gasteiger partial charge in [-0.1, -0.05) is 12.1 Å². The molecule has 1 aromatic heterocycles. The minimum absolute atomic E-state index is 0.182. The second kappa shape index (κ2) is 5.40. The highest BCUT2D eigenvalue weighted by Crippen LogP contribution is 2.34. The van der Waals surface area contributed by atoms with E-state index in [0.717, 1.165) is 25.1 Å². The minimum Gasteiger partial charge on any atom is -0.405 e. The van der Waals surface area contributed by atoms with Crippen molar-refractivity contribution < 1.29 is 17.9 Å². The van der Waals surface area contributed by atoms with E-state index in [-0.39, 0.29) is 11.8 Å². The molecule has 1 saturated heterocycles. The van der Waals surface area contributed by atoms with E-state index >= 15 is 0 Å². The summed E-state index contributed by atoms with van der Waals surface area (Å²) >= 11 is 0. The molecular formula is C14H14F3N3O. The minimum atomic E-state index is -4.72. The van der Waals surface area contributed by atoms with Gasteiger partial charge in [-0.05, 0) is 37.6 Å². The van der Waals surface area contributed by atoms with Gasteiger partial charge in [-0.2, -0.15) is 5.10 Å². The van der Waals surface area contributed by atoms with Crippen LogP contribution in [0.25, 0.3) is 11.3 Å². The average Bonchev–Trinajstić information content (AvgIpc) is 3.08. The number of nitrogens with zero attached hydrogens (tertiary/aromatic N) is 1. The highest BCUT2D eigenvalue weighted by atomic mass is 19.4. The molecular weight excluding hydrogens is 283 g/mol. The number of nitrogens with one attached hydrogen (secondary N) is 2. The van der Waals surface area contributed by atoms with E-state index in [1.54, 1.807) is 18.2 Å². The molecule has 1 atom stereocenters. The van der Waals surface area contributed by atoms with Crippen molar-refractivity contribution in [2.75, 3.05) is 6.54 Å². The quantitative estimate of drug-likeness (QED) is 0.913. The van der Waals surface area contributed by atoms with E-state index in [1.807, 2.05) is 0 Å². The molecule has 1 aliphatic heterocycles. The van der Waals surface area contributed by atoms with E-state index in [4.69, 9.17) is 0 Å². The third kappa shape index (κ3) is 3.18. The van der Waals surface area contributed by atoms with Gasteiger partial charge in [0.2, 0.25) is 0 Å². The van der Waals surface area contributed by atoms with Crippen molar-refractivity contribution in [2.45, 2.75) is 25.2 Å². The Kier molecular flexibility index (Phi) is 3.59. The molecule has 0 bridgehead atoms.